The minimum atomic E-state index is -0.0190. The zero-order valence-electron chi connectivity index (χ0n) is 13.9. The van der Waals surface area contributed by atoms with E-state index in [-0.39, 0.29) is 17.9 Å². The standard InChI is InChI=1S/C17H26N2O3/c1-13(2)22-12-11-18-16(20)10-7-14-5-8-15(9-6-14)17(21)19(3)4/h5-6,8-9,13H,7,10-12H2,1-4H3,(H,18,20). The summed E-state index contributed by atoms with van der Waals surface area (Å²) in [5.41, 5.74) is 1.70. The number of hydrogen-bond acceptors (Lipinski definition) is 3. The average Bonchev–Trinajstić information content (AvgIpc) is 2.49. The van der Waals surface area contributed by atoms with Gasteiger partial charge in [-0.3, -0.25) is 9.59 Å². The van der Waals surface area contributed by atoms with Crippen molar-refractivity contribution in [2.45, 2.75) is 32.8 Å². The zero-order chi connectivity index (χ0) is 16.5. The summed E-state index contributed by atoms with van der Waals surface area (Å²) in [6, 6.07) is 7.38. The number of ether oxygens (including phenoxy) is 1. The molecule has 0 saturated carbocycles. The SMILES string of the molecule is CC(C)OCCNC(=O)CCc1ccc(C(=O)N(C)C)cc1. The number of hydrogen-bond donors (Lipinski definition) is 1. The summed E-state index contributed by atoms with van der Waals surface area (Å²) in [5, 5.41) is 2.83. The number of rotatable bonds is 8. The van der Waals surface area contributed by atoms with Crippen LogP contribution in [0, 0.1) is 0 Å². The predicted octanol–water partition coefficient (Wildman–Crippen LogP) is 1.86. The van der Waals surface area contributed by atoms with Crippen LogP contribution in [-0.4, -0.2) is 50.1 Å². The van der Waals surface area contributed by atoms with E-state index in [1.165, 1.54) is 0 Å². The van der Waals surface area contributed by atoms with Crippen LogP contribution in [0.5, 0.6) is 0 Å². The van der Waals surface area contributed by atoms with E-state index in [1.54, 1.807) is 31.1 Å². The van der Waals surface area contributed by atoms with Gasteiger partial charge in [0.25, 0.3) is 5.91 Å². The Morgan fingerprint density at radius 1 is 1.18 bits per heavy atom. The van der Waals surface area contributed by atoms with Crippen molar-refractivity contribution in [1.82, 2.24) is 10.2 Å². The van der Waals surface area contributed by atoms with Crippen LogP contribution in [0.1, 0.15) is 36.2 Å². The maximum Gasteiger partial charge on any atom is 0.253 e. The molecule has 22 heavy (non-hydrogen) atoms. The highest BCUT2D eigenvalue weighted by Crippen LogP contribution is 2.08. The summed E-state index contributed by atoms with van der Waals surface area (Å²) >= 11 is 0. The number of carbonyl (C=O) groups excluding carboxylic acids is 2. The lowest BCUT2D eigenvalue weighted by Crippen LogP contribution is -2.28. The molecular formula is C17H26N2O3. The molecule has 0 heterocycles. The number of benzene rings is 1. The van der Waals surface area contributed by atoms with Crippen LogP contribution in [0.25, 0.3) is 0 Å². The number of nitrogens with zero attached hydrogens (tertiary/aromatic N) is 1. The lowest BCUT2D eigenvalue weighted by atomic mass is 10.1. The summed E-state index contributed by atoms with van der Waals surface area (Å²) in [6.07, 6.45) is 1.27. The molecule has 0 fully saturated rings. The Morgan fingerprint density at radius 3 is 2.36 bits per heavy atom. The van der Waals surface area contributed by atoms with Crippen molar-refractivity contribution in [2.24, 2.45) is 0 Å². The van der Waals surface area contributed by atoms with Crippen molar-refractivity contribution in [3.05, 3.63) is 35.4 Å². The normalized spacial score (nSPS) is 10.6. The minimum Gasteiger partial charge on any atom is -0.377 e. The highest BCUT2D eigenvalue weighted by Gasteiger charge is 2.08. The van der Waals surface area contributed by atoms with E-state index in [2.05, 4.69) is 5.32 Å². The molecule has 0 aromatic heterocycles. The van der Waals surface area contributed by atoms with Crippen LogP contribution in [0.2, 0.25) is 0 Å². The van der Waals surface area contributed by atoms with Gasteiger partial charge in [-0.15, -0.1) is 0 Å². The van der Waals surface area contributed by atoms with Crippen molar-refractivity contribution in [1.29, 1.82) is 0 Å². The summed E-state index contributed by atoms with van der Waals surface area (Å²) in [6.45, 7) is 5.00. The van der Waals surface area contributed by atoms with Gasteiger partial charge in [-0.1, -0.05) is 12.1 Å². The fourth-order valence-corrected chi connectivity index (χ4v) is 1.90. The highest BCUT2D eigenvalue weighted by atomic mass is 16.5. The maximum absolute atomic E-state index is 11.8. The number of nitrogens with one attached hydrogen (secondary N) is 1. The monoisotopic (exact) mass is 306 g/mol. The van der Waals surface area contributed by atoms with Gasteiger partial charge >= 0.3 is 0 Å². The molecule has 0 saturated heterocycles. The Morgan fingerprint density at radius 2 is 1.82 bits per heavy atom. The van der Waals surface area contributed by atoms with E-state index < -0.39 is 0 Å². The second-order valence-corrected chi connectivity index (χ2v) is 5.67. The molecule has 0 unspecified atom stereocenters. The fraction of sp³-hybridized carbons (Fsp3) is 0.529. The van der Waals surface area contributed by atoms with E-state index in [9.17, 15) is 9.59 Å². The third-order valence-corrected chi connectivity index (χ3v) is 3.12. The molecule has 0 spiro atoms. The second-order valence-electron chi connectivity index (χ2n) is 5.67. The molecular weight excluding hydrogens is 280 g/mol. The maximum atomic E-state index is 11.8. The van der Waals surface area contributed by atoms with E-state index in [0.717, 1.165) is 5.56 Å². The molecule has 1 N–H and O–H groups in total. The van der Waals surface area contributed by atoms with Crippen LogP contribution in [0.15, 0.2) is 24.3 Å². The van der Waals surface area contributed by atoms with E-state index >= 15 is 0 Å². The zero-order valence-corrected chi connectivity index (χ0v) is 13.9. The van der Waals surface area contributed by atoms with Gasteiger partial charge in [0.1, 0.15) is 0 Å². The Balaban J connectivity index is 2.32. The summed E-state index contributed by atoms with van der Waals surface area (Å²) < 4.78 is 5.36. The molecule has 0 radical (unpaired) electrons. The van der Waals surface area contributed by atoms with Crippen LogP contribution >= 0.6 is 0 Å². The van der Waals surface area contributed by atoms with Crippen molar-refractivity contribution < 1.29 is 14.3 Å². The molecule has 0 aliphatic heterocycles. The minimum absolute atomic E-state index is 0.0146. The van der Waals surface area contributed by atoms with Crippen molar-refractivity contribution >= 4 is 11.8 Å². The summed E-state index contributed by atoms with van der Waals surface area (Å²) in [4.78, 5) is 25.0. The molecule has 1 aromatic carbocycles. The summed E-state index contributed by atoms with van der Waals surface area (Å²) in [5.74, 6) is -0.00440. The van der Waals surface area contributed by atoms with Crippen molar-refractivity contribution in [3.63, 3.8) is 0 Å². The molecule has 5 nitrogen and oxygen atoms in total. The van der Waals surface area contributed by atoms with Crippen LogP contribution in [0.4, 0.5) is 0 Å². The predicted molar refractivity (Wildman–Crippen MR) is 86.9 cm³/mol. The van der Waals surface area contributed by atoms with Gasteiger partial charge in [-0.2, -0.15) is 0 Å². The fourth-order valence-electron chi connectivity index (χ4n) is 1.90. The topological polar surface area (TPSA) is 58.6 Å². The molecule has 0 atom stereocenters. The van der Waals surface area contributed by atoms with Gasteiger partial charge in [0.15, 0.2) is 0 Å². The van der Waals surface area contributed by atoms with Crippen LogP contribution in [0.3, 0.4) is 0 Å². The first-order valence-corrected chi connectivity index (χ1v) is 7.59. The Labute approximate surface area is 132 Å². The van der Waals surface area contributed by atoms with Crippen LogP contribution < -0.4 is 5.32 Å². The lowest BCUT2D eigenvalue weighted by molar-refractivity contribution is -0.121. The quantitative estimate of drug-likeness (QED) is 0.746. The van der Waals surface area contributed by atoms with Gasteiger partial charge in [-0.25, -0.2) is 0 Å². The molecule has 0 bridgehead atoms. The van der Waals surface area contributed by atoms with E-state index in [0.29, 0.717) is 31.6 Å². The lowest BCUT2D eigenvalue weighted by Gasteiger charge is -2.11. The largest absolute Gasteiger partial charge is 0.377 e. The van der Waals surface area contributed by atoms with Crippen molar-refractivity contribution in [3.8, 4) is 0 Å². The van der Waals surface area contributed by atoms with Crippen molar-refractivity contribution in [2.75, 3.05) is 27.2 Å². The molecule has 5 heteroatoms. The Kier molecular flexibility index (Phi) is 7.60. The van der Waals surface area contributed by atoms with E-state index in [1.807, 2.05) is 26.0 Å². The molecule has 0 aliphatic rings. The van der Waals surface area contributed by atoms with Gasteiger partial charge < -0.3 is 15.0 Å². The van der Waals surface area contributed by atoms with E-state index in [4.69, 9.17) is 4.74 Å². The van der Waals surface area contributed by atoms with Gasteiger partial charge in [0.2, 0.25) is 5.91 Å². The number of amides is 2. The van der Waals surface area contributed by atoms with Gasteiger partial charge in [0, 0.05) is 32.6 Å². The Bertz CT molecular complexity index is 481. The molecule has 122 valence electrons. The van der Waals surface area contributed by atoms with Gasteiger partial charge in [0.05, 0.1) is 12.7 Å². The molecule has 0 aliphatic carbocycles. The first-order chi connectivity index (χ1) is 10.4. The Hall–Kier alpha value is -1.88. The third-order valence-electron chi connectivity index (χ3n) is 3.12. The molecule has 2 amide bonds. The first kappa shape index (κ1) is 18.2. The summed E-state index contributed by atoms with van der Waals surface area (Å²) in [7, 11) is 3.45. The second kappa shape index (κ2) is 9.20. The smallest absolute Gasteiger partial charge is 0.253 e. The van der Waals surface area contributed by atoms with Gasteiger partial charge in [-0.05, 0) is 38.0 Å². The third kappa shape index (κ3) is 6.72. The number of carbonyl (C=O) groups is 2. The average molecular weight is 306 g/mol. The first-order valence-electron chi connectivity index (χ1n) is 7.59. The highest BCUT2D eigenvalue weighted by molar-refractivity contribution is 5.93. The molecule has 1 rings (SSSR count). The van der Waals surface area contributed by atoms with Crippen LogP contribution in [-0.2, 0) is 16.0 Å². The molecule has 1 aromatic rings. The number of aryl methyl sites for hydroxylation is 1.